The maximum atomic E-state index is 15.0. The fourth-order valence-electron chi connectivity index (χ4n) is 10.9. The summed E-state index contributed by atoms with van der Waals surface area (Å²) in [6.07, 6.45) is 5.24. The summed E-state index contributed by atoms with van der Waals surface area (Å²) in [4.78, 5) is 83.6. The number of fused-ring (bicyclic) bond motifs is 2. The van der Waals surface area contributed by atoms with Gasteiger partial charge < -0.3 is 53.8 Å². The van der Waals surface area contributed by atoms with Crippen molar-refractivity contribution in [3.63, 3.8) is 0 Å². The highest BCUT2D eigenvalue weighted by molar-refractivity contribution is 6.26. The van der Waals surface area contributed by atoms with Crippen LogP contribution in [-0.2, 0) is 23.8 Å². The highest BCUT2D eigenvalue weighted by Crippen LogP contribution is 2.49. The number of piperazine rings is 1. The topological polar surface area (TPSA) is 240 Å². The van der Waals surface area contributed by atoms with E-state index in [-0.39, 0.29) is 61.5 Å². The van der Waals surface area contributed by atoms with Crippen molar-refractivity contribution in [2.24, 2.45) is 23.7 Å². The van der Waals surface area contributed by atoms with E-state index >= 15 is 0 Å². The first-order valence-electron chi connectivity index (χ1n) is 26.1. The molecule has 1 fully saturated rings. The number of aromatic nitrogens is 2. The summed E-state index contributed by atoms with van der Waals surface area (Å²) in [5.41, 5.74) is 3.07. The number of amides is 2. The first-order valence-corrected chi connectivity index (χ1v) is 26.1. The van der Waals surface area contributed by atoms with Gasteiger partial charge >= 0.3 is 11.8 Å². The Morgan fingerprint density at radius 3 is 2.31 bits per heavy atom. The van der Waals surface area contributed by atoms with Crippen molar-refractivity contribution < 1.29 is 57.9 Å². The van der Waals surface area contributed by atoms with Crippen molar-refractivity contribution in [3.8, 4) is 22.8 Å². The number of benzene rings is 4. The molecule has 0 unspecified atom stereocenters. The Hall–Kier alpha value is -7.93. The molecule has 2 aromatic heterocycles. The molecule has 2 amide bonds. The number of nitrogens with zero attached hydrogens (tertiary/aromatic N) is 4. The molecule has 18 heteroatoms. The van der Waals surface area contributed by atoms with E-state index in [1.165, 1.54) is 53.2 Å². The van der Waals surface area contributed by atoms with Crippen LogP contribution in [0.5, 0.6) is 11.5 Å². The molecule has 4 aromatic carbocycles. The number of aryl methyl sites for hydroxylation is 1. The summed E-state index contributed by atoms with van der Waals surface area (Å²) in [5, 5.41) is 37.9. The van der Waals surface area contributed by atoms with Crippen LogP contribution in [0.1, 0.15) is 80.3 Å². The smallest absolute Gasteiger partial charge is 0.312 e. The molecule has 4 N–H and O–H groups in total. The number of phenols is 1. The quantitative estimate of drug-likeness (QED) is 0.0549. The number of nitrogens with one attached hydrogen (secondary N) is 1. The number of ketones is 1. The van der Waals surface area contributed by atoms with Crippen molar-refractivity contribution in [1.29, 1.82) is 0 Å². The molecule has 5 heterocycles. The minimum absolute atomic E-state index is 0.0233. The molecule has 3 aliphatic rings. The Kier molecular flexibility index (Phi) is 15.4. The summed E-state index contributed by atoms with van der Waals surface area (Å²) >= 11 is 0. The number of carbonyl (C=O) groups excluding carboxylic acids is 4. The number of Topliss-reactive ketones (excluding diaryl/α,β-unsaturated/α-hetero) is 1. The van der Waals surface area contributed by atoms with Crippen LogP contribution in [0.2, 0.25) is 0 Å². The Bertz CT molecular complexity index is 3530. The van der Waals surface area contributed by atoms with Crippen molar-refractivity contribution in [2.75, 3.05) is 43.5 Å². The van der Waals surface area contributed by atoms with E-state index < -0.39 is 82.7 Å². The van der Waals surface area contributed by atoms with Gasteiger partial charge in [-0.05, 0) is 62.7 Å². The Labute approximate surface area is 451 Å². The number of aromatic hydroxyl groups is 1. The van der Waals surface area contributed by atoms with Crippen molar-refractivity contribution in [2.45, 2.75) is 92.5 Å². The first kappa shape index (κ1) is 54.8. The summed E-state index contributed by atoms with van der Waals surface area (Å²) < 4.78 is 30.8. The largest absolute Gasteiger partial charge is 0.505 e. The van der Waals surface area contributed by atoms with Crippen LogP contribution in [0.4, 0.5) is 11.4 Å². The minimum Gasteiger partial charge on any atom is -0.505 e. The minimum atomic E-state index is -2.08. The van der Waals surface area contributed by atoms with Crippen LogP contribution in [0, 0.1) is 37.5 Å². The van der Waals surface area contributed by atoms with Gasteiger partial charge in [-0.15, -0.1) is 0 Å². The number of methoxy groups -OCH3 is 1. The van der Waals surface area contributed by atoms with Gasteiger partial charge in [0.25, 0.3) is 17.6 Å². The second kappa shape index (κ2) is 21.8. The number of esters is 1. The maximum Gasteiger partial charge on any atom is 0.312 e. The van der Waals surface area contributed by atoms with E-state index in [0.29, 0.717) is 42.8 Å². The molecule has 3 aliphatic heterocycles. The molecular formula is C60H65N5O13. The summed E-state index contributed by atoms with van der Waals surface area (Å²) in [6, 6.07) is 16.8. The highest BCUT2D eigenvalue weighted by Gasteiger charge is 2.50. The van der Waals surface area contributed by atoms with E-state index in [1.807, 2.05) is 54.3 Å². The molecule has 0 spiro atoms. The number of aliphatic hydroxyl groups is 2. The van der Waals surface area contributed by atoms with Crippen molar-refractivity contribution >= 4 is 67.9 Å². The predicted octanol–water partition coefficient (Wildman–Crippen LogP) is 8.33. The molecule has 1 saturated heterocycles. The van der Waals surface area contributed by atoms with Gasteiger partial charge in [0.15, 0.2) is 22.3 Å². The number of ether oxygens (including phenoxy) is 4. The average molecular weight is 1060 g/mol. The Morgan fingerprint density at radius 1 is 0.872 bits per heavy atom. The van der Waals surface area contributed by atoms with Crippen LogP contribution in [0.3, 0.4) is 0 Å². The zero-order chi connectivity index (χ0) is 56.1. The molecule has 408 valence electrons. The number of rotatable bonds is 5. The third-order valence-electron chi connectivity index (χ3n) is 15.6. The predicted molar refractivity (Wildman–Crippen MR) is 294 cm³/mol. The fourth-order valence-corrected chi connectivity index (χ4v) is 10.9. The van der Waals surface area contributed by atoms with E-state index in [4.69, 9.17) is 28.3 Å². The number of hydrogen-bond donors (Lipinski definition) is 4. The van der Waals surface area contributed by atoms with Crippen LogP contribution in [0.25, 0.3) is 44.2 Å². The van der Waals surface area contributed by atoms with Gasteiger partial charge in [0.05, 0.1) is 41.2 Å². The monoisotopic (exact) mass is 1060 g/mol. The maximum absolute atomic E-state index is 15.0. The van der Waals surface area contributed by atoms with E-state index in [9.17, 15) is 39.3 Å². The fraction of sp³-hybridized carbons (Fsp3) is 0.383. The summed E-state index contributed by atoms with van der Waals surface area (Å²) in [7, 11) is 1.44. The molecule has 78 heavy (non-hydrogen) atoms. The second-order valence-corrected chi connectivity index (χ2v) is 20.9. The summed E-state index contributed by atoms with van der Waals surface area (Å²) in [6.45, 7) is 16.2. The van der Waals surface area contributed by atoms with Gasteiger partial charge in [-0.3, -0.25) is 29.0 Å². The number of pyridine rings is 1. The molecule has 0 radical (unpaired) electrons. The van der Waals surface area contributed by atoms with Crippen molar-refractivity contribution in [1.82, 2.24) is 14.9 Å². The average Bonchev–Trinajstić information content (AvgIpc) is 3.94. The third-order valence-corrected chi connectivity index (χ3v) is 15.6. The van der Waals surface area contributed by atoms with Crippen LogP contribution in [0.15, 0.2) is 106 Å². The van der Waals surface area contributed by atoms with Gasteiger partial charge in [-0.2, -0.15) is 0 Å². The normalized spacial score (nSPS) is 26.8. The summed E-state index contributed by atoms with van der Waals surface area (Å²) in [5.74, 6) is -7.55. The number of allylic oxidation sites excluding steroid dienone is 2. The molecule has 6 aromatic rings. The van der Waals surface area contributed by atoms with E-state index in [2.05, 4.69) is 15.2 Å². The highest BCUT2D eigenvalue weighted by atomic mass is 16.7. The van der Waals surface area contributed by atoms with Crippen LogP contribution < -0.4 is 20.4 Å². The number of anilines is 2. The lowest BCUT2D eigenvalue weighted by atomic mass is 9.78. The lowest BCUT2D eigenvalue weighted by Crippen LogP contribution is -2.48. The zero-order valence-corrected chi connectivity index (χ0v) is 45.3. The molecule has 9 atom stereocenters. The Morgan fingerprint density at radius 2 is 1.62 bits per heavy atom. The first-order chi connectivity index (χ1) is 37.1. The third kappa shape index (κ3) is 10.1. The number of aliphatic hydroxyl groups excluding tert-OH is 2. The van der Waals surface area contributed by atoms with Gasteiger partial charge in [-0.25, -0.2) is 4.98 Å². The number of carbonyl (C=O) groups is 4. The number of hydrogen-bond acceptors (Lipinski definition) is 16. The zero-order valence-electron chi connectivity index (χ0n) is 45.3. The molecule has 9 rings (SSSR count). The van der Waals surface area contributed by atoms with Crippen LogP contribution >= 0.6 is 0 Å². The molecule has 0 saturated carbocycles. The lowest BCUT2D eigenvalue weighted by molar-refractivity contribution is -0.160. The lowest BCUT2D eigenvalue weighted by Gasteiger charge is -2.38. The molecule has 0 aliphatic carbocycles. The second-order valence-electron chi connectivity index (χ2n) is 20.9. The van der Waals surface area contributed by atoms with Gasteiger partial charge in [0, 0.05) is 116 Å². The van der Waals surface area contributed by atoms with E-state index in [0.717, 1.165) is 16.9 Å². The van der Waals surface area contributed by atoms with Crippen LogP contribution in [-0.4, -0.2) is 117 Å². The van der Waals surface area contributed by atoms with Gasteiger partial charge in [0.2, 0.25) is 0 Å². The Balaban J connectivity index is 1.14. The SMILES string of the molecule is CO[C@H]1/C=C/O[C@@]2(C)Oc3c(C)c(=O)c4c(O)c(c5oc6cc(N7CCN(C(=O)c8cccc(-c9ccccn9)c8)CC7)cc(C)c6nc5c4c3C2=O)NC(=O)/C(C)=C\C=C\[C@H](C)[C@H](O)[C@@H](C)[C@@H](O)[C@@H](C)[C@H](OC(C)=O)[C@@H]1C. The molecular weight excluding hydrogens is 999 g/mol. The molecule has 18 nitrogen and oxygen atoms in total. The van der Waals surface area contributed by atoms with Gasteiger partial charge in [-0.1, -0.05) is 64.1 Å². The molecule has 4 bridgehead atoms. The standard InChI is InChI=1S/C60H65N5O13/c1-30-15-13-16-31(2)58(72)63-49-53(70)45-44(46-55(36(7)52(45)69)78-60(9,57(46)71)75-26-20-42(74-10)33(4)54(76-37(8)66)35(6)51(68)34(5)50(30)67)48-56(49)77-43-29-40(27-32(3)47(43)62-48)64-22-24-65(25-23-64)59(73)39-18-14-17-38(28-39)41-19-11-12-21-61-41/h11-21,26-30,33-35,42,50-51,54,67-68,70H,22-25H2,1-10H3,(H,63,72)/b15-13+,26-20+,31-16-/t30-,33+,34+,35+,42-,50-,51+,54+,60-/m0/s1. The van der Waals surface area contributed by atoms with E-state index in [1.54, 1.807) is 58.2 Å². The van der Waals surface area contributed by atoms with Gasteiger partial charge in [0.1, 0.15) is 28.6 Å². The number of phenolic OH excluding ortho intramolecular Hbond substituents is 1. The van der Waals surface area contributed by atoms with Crippen molar-refractivity contribution in [3.05, 3.63) is 129 Å².